The Bertz CT molecular complexity index is 1280. The van der Waals surface area contributed by atoms with Gasteiger partial charge in [0, 0.05) is 30.8 Å². The highest BCUT2D eigenvalue weighted by Gasteiger charge is 2.21. The first-order valence-corrected chi connectivity index (χ1v) is 11.2. The van der Waals surface area contributed by atoms with E-state index in [9.17, 15) is 4.79 Å². The summed E-state index contributed by atoms with van der Waals surface area (Å²) in [6.45, 7) is 8.27. The third-order valence-corrected chi connectivity index (χ3v) is 6.26. The zero-order valence-electron chi connectivity index (χ0n) is 18.9. The van der Waals surface area contributed by atoms with Crippen LogP contribution in [-0.4, -0.2) is 26.9 Å². The molecular formula is C27H28N4O. The number of aromatic nitrogens is 3. The van der Waals surface area contributed by atoms with Gasteiger partial charge in [-0.25, -0.2) is 4.98 Å². The van der Waals surface area contributed by atoms with Gasteiger partial charge in [-0.1, -0.05) is 69.3 Å². The predicted molar refractivity (Wildman–Crippen MR) is 127 cm³/mol. The van der Waals surface area contributed by atoms with Crippen molar-refractivity contribution in [3.05, 3.63) is 94.8 Å². The molecule has 0 bridgehead atoms. The SMILES string of the molecule is CC(C)(C)c1ccc(C(=O)Cc2cc(N3CCc4ccccc4C3)n3nccc3n2)cc1. The number of benzene rings is 2. The fourth-order valence-electron chi connectivity index (χ4n) is 4.38. The Labute approximate surface area is 188 Å². The van der Waals surface area contributed by atoms with Crippen LogP contribution < -0.4 is 4.90 Å². The summed E-state index contributed by atoms with van der Waals surface area (Å²) in [4.78, 5) is 20.1. The largest absolute Gasteiger partial charge is 0.352 e. The number of Topliss-reactive ketones (excluding diaryl/α,β-unsaturated/α-hetero) is 1. The molecule has 0 radical (unpaired) electrons. The smallest absolute Gasteiger partial charge is 0.168 e. The van der Waals surface area contributed by atoms with E-state index in [1.165, 1.54) is 16.7 Å². The lowest BCUT2D eigenvalue weighted by Gasteiger charge is -2.31. The third kappa shape index (κ3) is 3.91. The van der Waals surface area contributed by atoms with E-state index < -0.39 is 0 Å². The van der Waals surface area contributed by atoms with E-state index in [2.05, 4.69) is 67.2 Å². The van der Waals surface area contributed by atoms with E-state index in [1.807, 2.05) is 28.8 Å². The van der Waals surface area contributed by atoms with Crippen LogP contribution in [0, 0.1) is 0 Å². The standard InChI is InChI=1S/C27H28N4O/c1-27(2,3)22-10-8-20(9-11-22)24(32)16-23-17-26(31-25(29-23)12-14-28-31)30-15-13-19-6-4-5-7-21(19)18-30/h4-12,14,17H,13,15-16,18H2,1-3H3. The molecule has 0 saturated carbocycles. The molecule has 0 spiro atoms. The number of hydrogen-bond acceptors (Lipinski definition) is 4. The van der Waals surface area contributed by atoms with Crippen molar-refractivity contribution in [1.29, 1.82) is 0 Å². The number of nitrogens with zero attached hydrogens (tertiary/aromatic N) is 4. The quantitative estimate of drug-likeness (QED) is 0.432. The van der Waals surface area contributed by atoms with Crippen LogP contribution in [-0.2, 0) is 24.8 Å². The van der Waals surface area contributed by atoms with Gasteiger partial charge in [0.15, 0.2) is 11.4 Å². The summed E-state index contributed by atoms with van der Waals surface area (Å²) >= 11 is 0. The lowest BCUT2D eigenvalue weighted by molar-refractivity contribution is 0.0992. The van der Waals surface area contributed by atoms with Crippen molar-refractivity contribution in [3.8, 4) is 0 Å². The Morgan fingerprint density at radius 1 is 1.00 bits per heavy atom. The molecule has 1 aliphatic heterocycles. The lowest BCUT2D eigenvalue weighted by atomic mass is 9.86. The first-order chi connectivity index (χ1) is 15.4. The molecular weight excluding hydrogens is 396 g/mol. The monoisotopic (exact) mass is 424 g/mol. The van der Waals surface area contributed by atoms with Gasteiger partial charge in [0.25, 0.3) is 0 Å². The molecule has 162 valence electrons. The summed E-state index contributed by atoms with van der Waals surface area (Å²) in [5.41, 5.74) is 6.31. The zero-order valence-corrected chi connectivity index (χ0v) is 18.9. The topological polar surface area (TPSA) is 50.5 Å². The molecule has 5 nitrogen and oxygen atoms in total. The Hall–Kier alpha value is -3.47. The number of carbonyl (C=O) groups is 1. The molecule has 0 saturated heterocycles. The van der Waals surface area contributed by atoms with E-state index in [4.69, 9.17) is 4.98 Å². The van der Waals surface area contributed by atoms with Gasteiger partial charge in [0.05, 0.1) is 18.3 Å². The number of ketones is 1. The van der Waals surface area contributed by atoms with Crippen molar-refractivity contribution in [2.45, 2.75) is 45.6 Å². The second kappa shape index (κ2) is 7.90. The molecule has 5 rings (SSSR count). The third-order valence-electron chi connectivity index (χ3n) is 6.26. The highest BCUT2D eigenvalue weighted by atomic mass is 16.1. The Balaban J connectivity index is 1.43. The molecule has 0 aliphatic carbocycles. The maximum absolute atomic E-state index is 13.0. The van der Waals surface area contributed by atoms with E-state index in [0.717, 1.165) is 42.2 Å². The van der Waals surface area contributed by atoms with Crippen LogP contribution in [0.5, 0.6) is 0 Å². The van der Waals surface area contributed by atoms with E-state index in [-0.39, 0.29) is 17.6 Å². The van der Waals surface area contributed by atoms with Crippen LogP contribution in [0.3, 0.4) is 0 Å². The van der Waals surface area contributed by atoms with Crippen LogP contribution in [0.1, 0.15) is 53.5 Å². The molecule has 2 aromatic heterocycles. The number of carbonyl (C=O) groups excluding carboxylic acids is 1. The molecule has 0 amide bonds. The van der Waals surface area contributed by atoms with Crippen molar-refractivity contribution in [1.82, 2.24) is 14.6 Å². The van der Waals surface area contributed by atoms with Crippen molar-refractivity contribution in [2.75, 3.05) is 11.4 Å². The second-order valence-electron chi connectivity index (χ2n) is 9.57. The molecule has 32 heavy (non-hydrogen) atoms. The maximum Gasteiger partial charge on any atom is 0.168 e. The van der Waals surface area contributed by atoms with Crippen LogP contribution in [0.25, 0.3) is 5.65 Å². The van der Waals surface area contributed by atoms with Gasteiger partial charge < -0.3 is 4.90 Å². The summed E-state index contributed by atoms with van der Waals surface area (Å²) in [6, 6.07) is 20.5. The predicted octanol–water partition coefficient (Wildman–Crippen LogP) is 5.01. The zero-order chi connectivity index (χ0) is 22.3. The molecule has 3 heterocycles. The minimum atomic E-state index is 0.0676. The Kier molecular flexibility index (Phi) is 5.04. The number of rotatable bonds is 4. The average Bonchev–Trinajstić information content (AvgIpc) is 3.26. The summed E-state index contributed by atoms with van der Waals surface area (Å²) in [5.74, 6) is 1.07. The summed E-state index contributed by atoms with van der Waals surface area (Å²) in [6.07, 6.45) is 3.03. The van der Waals surface area contributed by atoms with Gasteiger partial charge >= 0.3 is 0 Å². The van der Waals surface area contributed by atoms with Crippen molar-refractivity contribution >= 4 is 17.2 Å². The van der Waals surface area contributed by atoms with E-state index in [0.29, 0.717) is 0 Å². The average molecular weight is 425 g/mol. The van der Waals surface area contributed by atoms with Crippen LogP contribution in [0.4, 0.5) is 5.82 Å². The highest BCUT2D eigenvalue weighted by molar-refractivity contribution is 5.97. The highest BCUT2D eigenvalue weighted by Crippen LogP contribution is 2.26. The first kappa shape index (κ1) is 20.4. The molecule has 2 aromatic carbocycles. The fourth-order valence-corrected chi connectivity index (χ4v) is 4.38. The Morgan fingerprint density at radius 2 is 1.75 bits per heavy atom. The van der Waals surface area contributed by atoms with Crippen LogP contribution >= 0.6 is 0 Å². The van der Waals surface area contributed by atoms with Gasteiger partial charge in [0.2, 0.25) is 0 Å². The second-order valence-corrected chi connectivity index (χ2v) is 9.57. The summed E-state index contributed by atoms with van der Waals surface area (Å²) in [5, 5.41) is 4.49. The molecule has 1 aliphatic rings. The number of anilines is 1. The van der Waals surface area contributed by atoms with Crippen molar-refractivity contribution in [2.24, 2.45) is 0 Å². The van der Waals surface area contributed by atoms with Gasteiger partial charge in [-0.05, 0) is 28.5 Å². The normalized spacial score (nSPS) is 13.9. The maximum atomic E-state index is 13.0. The minimum Gasteiger partial charge on any atom is -0.352 e. The molecule has 0 unspecified atom stereocenters. The van der Waals surface area contributed by atoms with Gasteiger partial charge in [-0.2, -0.15) is 9.61 Å². The summed E-state index contributed by atoms with van der Waals surface area (Å²) in [7, 11) is 0. The molecule has 5 heteroatoms. The Morgan fingerprint density at radius 3 is 2.50 bits per heavy atom. The van der Waals surface area contributed by atoms with Gasteiger partial charge in [-0.3, -0.25) is 4.79 Å². The van der Waals surface area contributed by atoms with Gasteiger partial charge in [-0.15, -0.1) is 0 Å². The van der Waals surface area contributed by atoms with Crippen molar-refractivity contribution in [3.63, 3.8) is 0 Å². The number of fused-ring (bicyclic) bond motifs is 2. The van der Waals surface area contributed by atoms with Crippen LogP contribution in [0.2, 0.25) is 0 Å². The van der Waals surface area contributed by atoms with Crippen LogP contribution in [0.15, 0.2) is 66.9 Å². The fraction of sp³-hybridized carbons (Fsp3) is 0.296. The lowest BCUT2D eigenvalue weighted by Crippen LogP contribution is -2.32. The molecule has 0 fully saturated rings. The number of hydrogen-bond donors (Lipinski definition) is 0. The minimum absolute atomic E-state index is 0.0676. The summed E-state index contributed by atoms with van der Waals surface area (Å²) < 4.78 is 1.88. The first-order valence-electron chi connectivity index (χ1n) is 11.2. The van der Waals surface area contributed by atoms with Gasteiger partial charge in [0.1, 0.15) is 5.82 Å². The molecule has 0 N–H and O–H groups in total. The molecule has 0 atom stereocenters. The van der Waals surface area contributed by atoms with Crippen molar-refractivity contribution < 1.29 is 4.79 Å². The van der Waals surface area contributed by atoms with E-state index in [1.54, 1.807) is 6.20 Å². The molecule has 4 aromatic rings. The van der Waals surface area contributed by atoms with E-state index >= 15 is 0 Å².